The SMILES string of the molecule is CN=C(NCCSc1ccccc1)N1CC2C3CCC(O3)C2C1. The van der Waals surface area contributed by atoms with Crippen LogP contribution in [0.2, 0.25) is 0 Å². The number of hydrogen-bond acceptors (Lipinski definition) is 3. The van der Waals surface area contributed by atoms with Gasteiger partial charge in [-0.2, -0.15) is 0 Å². The zero-order valence-corrected chi connectivity index (χ0v) is 14.5. The van der Waals surface area contributed by atoms with Gasteiger partial charge in [0.05, 0.1) is 12.2 Å². The Balaban J connectivity index is 1.25. The first-order valence-corrected chi connectivity index (χ1v) is 9.62. The number of likely N-dealkylation sites (tertiary alicyclic amines) is 1. The van der Waals surface area contributed by atoms with Crippen molar-refractivity contribution in [2.24, 2.45) is 16.8 Å². The molecule has 3 heterocycles. The van der Waals surface area contributed by atoms with E-state index < -0.39 is 0 Å². The molecule has 1 N–H and O–H groups in total. The minimum atomic E-state index is 0.516. The Morgan fingerprint density at radius 1 is 1.22 bits per heavy atom. The van der Waals surface area contributed by atoms with Gasteiger partial charge >= 0.3 is 0 Å². The van der Waals surface area contributed by atoms with Gasteiger partial charge in [-0.1, -0.05) is 18.2 Å². The third kappa shape index (κ3) is 3.09. The summed E-state index contributed by atoms with van der Waals surface area (Å²) in [4.78, 5) is 8.26. The van der Waals surface area contributed by atoms with E-state index in [1.807, 2.05) is 18.8 Å². The van der Waals surface area contributed by atoms with Crippen molar-refractivity contribution in [3.05, 3.63) is 30.3 Å². The smallest absolute Gasteiger partial charge is 0.193 e. The average Bonchev–Trinajstić information content (AvgIpc) is 3.29. The van der Waals surface area contributed by atoms with Crippen molar-refractivity contribution in [3.63, 3.8) is 0 Å². The number of nitrogens with one attached hydrogen (secondary N) is 1. The van der Waals surface area contributed by atoms with Crippen LogP contribution < -0.4 is 5.32 Å². The number of rotatable bonds is 4. The lowest BCUT2D eigenvalue weighted by Crippen LogP contribution is -2.42. The number of aliphatic imine (C=N–C) groups is 1. The first kappa shape index (κ1) is 15.3. The molecule has 2 bridgehead atoms. The Hall–Kier alpha value is -1.20. The van der Waals surface area contributed by atoms with Gasteiger partial charge in [0.15, 0.2) is 5.96 Å². The summed E-state index contributed by atoms with van der Waals surface area (Å²) in [6, 6.07) is 10.6. The number of fused-ring (bicyclic) bond motifs is 5. The molecule has 3 fully saturated rings. The number of guanidine groups is 1. The van der Waals surface area contributed by atoms with Crippen molar-refractivity contribution in [1.29, 1.82) is 0 Å². The van der Waals surface area contributed by atoms with Gasteiger partial charge in [0.2, 0.25) is 0 Å². The van der Waals surface area contributed by atoms with Crippen molar-refractivity contribution in [2.75, 3.05) is 32.4 Å². The monoisotopic (exact) mass is 331 g/mol. The maximum absolute atomic E-state index is 6.06. The van der Waals surface area contributed by atoms with Crippen molar-refractivity contribution >= 4 is 17.7 Å². The van der Waals surface area contributed by atoms with E-state index in [1.54, 1.807) is 0 Å². The van der Waals surface area contributed by atoms with Crippen LogP contribution in [0, 0.1) is 11.8 Å². The predicted molar refractivity (Wildman–Crippen MR) is 95.0 cm³/mol. The molecule has 4 nitrogen and oxygen atoms in total. The minimum absolute atomic E-state index is 0.516. The summed E-state index contributed by atoms with van der Waals surface area (Å²) >= 11 is 1.89. The van der Waals surface area contributed by atoms with Crippen LogP contribution in [0.15, 0.2) is 40.2 Å². The molecule has 0 aliphatic carbocycles. The summed E-state index contributed by atoms with van der Waals surface area (Å²) in [5, 5.41) is 3.54. The molecule has 4 rings (SSSR count). The quantitative estimate of drug-likeness (QED) is 0.398. The largest absolute Gasteiger partial charge is 0.374 e. The molecule has 3 aliphatic heterocycles. The fourth-order valence-electron chi connectivity index (χ4n) is 4.31. The van der Waals surface area contributed by atoms with E-state index in [0.29, 0.717) is 12.2 Å². The van der Waals surface area contributed by atoms with Crippen LogP contribution >= 0.6 is 11.8 Å². The summed E-state index contributed by atoms with van der Waals surface area (Å²) < 4.78 is 6.06. The Labute approximate surface area is 142 Å². The second-order valence-electron chi connectivity index (χ2n) is 6.66. The Kier molecular flexibility index (Phi) is 4.49. The summed E-state index contributed by atoms with van der Waals surface area (Å²) in [6.07, 6.45) is 3.56. The molecular weight excluding hydrogens is 306 g/mol. The van der Waals surface area contributed by atoms with E-state index in [4.69, 9.17) is 4.74 Å². The van der Waals surface area contributed by atoms with Crippen LogP contribution in [0.3, 0.4) is 0 Å². The fourth-order valence-corrected chi connectivity index (χ4v) is 5.10. The number of thioether (sulfide) groups is 1. The fraction of sp³-hybridized carbons (Fsp3) is 0.611. The van der Waals surface area contributed by atoms with E-state index >= 15 is 0 Å². The second kappa shape index (κ2) is 6.73. The summed E-state index contributed by atoms with van der Waals surface area (Å²) in [5.74, 6) is 3.57. The van der Waals surface area contributed by atoms with Gasteiger partial charge in [0.1, 0.15) is 0 Å². The topological polar surface area (TPSA) is 36.9 Å². The molecule has 0 spiro atoms. The minimum Gasteiger partial charge on any atom is -0.374 e. The molecule has 23 heavy (non-hydrogen) atoms. The third-order valence-corrected chi connectivity index (χ3v) is 6.37. The standard InChI is InChI=1S/C18H25N3OS/c1-19-18(20-9-10-23-13-5-3-2-4-6-13)21-11-14-15(12-21)17-8-7-16(14)22-17/h2-6,14-17H,7-12H2,1H3,(H,19,20). The molecular formula is C18H25N3OS. The highest BCUT2D eigenvalue weighted by atomic mass is 32.2. The molecule has 0 saturated carbocycles. The van der Waals surface area contributed by atoms with Gasteiger partial charge in [0, 0.05) is 49.2 Å². The molecule has 4 unspecified atom stereocenters. The van der Waals surface area contributed by atoms with E-state index in [0.717, 1.165) is 43.2 Å². The van der Waals surface area contributed by atoms with Crippen LogP contribution in [0.5, 0.6) is 0 Å². The first-order chi connectivity index (χ1) is 11.3. The average molecular weight is 331 g/mol. The summed E-state index contributed by atoms with van der Waals surface area (Å²) in [6.45, 7) is 3.16. The van der Waals surface area contributed by atoms with E-state index in [2.05, 4.69) is 45.5 Å². The lowest BCUT2D eigenvalue weighted by atomic mass is 9.82. The number of nitrogens with zero attached hydrogens (tertiary/aromatic N) is 2. The molecule has 0 aromatic heterocycles. The van der Waals surface area contributed by atoms with E-state index in [1.165, 1.54) is 17.7 Å². The van der Waals surface area contributed by atoms with Gasteiger partial charge in [-0.3, -0.25) is 4.99 Å². The lowest BCUT2D eigenvalue weighted by molar-refractivity contribution is 0.0767. The van der Waals surface area contributed by atoms with Crippen LogP contribution in [0.1, 0.15) is 12.8 Å². The Morgan fingerprint density at radius 2 is 1.91 bits per heavy atom. The van der Waals surface area contributed by atoms with Crippen molar-refractivity contribution < 1.29 is 4.74 Å². The molecule has 0 amide bonds. The maximum atomic E-state index is 6.06. The van der Waals surface area contributed by atoms with Crippen LogP contribution in [-0.4, -0.2) is 55.5 Å². The third-order valence-electron chi connectivity index (χ3n) is 5.36. The second-order valence-corrected chi connectivity index (χ2v) is 7.83. The molecule has 4 atom stereocenters. The van der Waals surface area contributed by atoms with Crippen molar-refractivity contribution in [3.8, 4) is 0 Å². The zero-order valence-electron chi connectivity index (χ0n) is 13.6. The van der Waals surface area contributed by atoms with Gasteiger partial charge in [-0.05, 0) is 25.0 Å². The van der Waals surface area contributed by atoms with Crippen LogP contribution in [-0.2, 0) is 4.74 Å². The number of hydrogen-bond donors (Lipinski definition) is 1. The van der Waals surface area contributed by atoms with Gasteiger partial charge in [-0.15, -0.1) is 11.8 Å². The molecule has 3 aliphatic rings. The highest BCUT2D eigenvalue weighted by Crippen LogP contribution is 2.47. The Bertz CT molecular complexity index is 547. The van der Waals surface area contributed by atoms with Gasteiger partial charge in [0.25, 0.3) is 0 Å². The highest BCUT2D eigenvalue weighted by molar-refractivity contribution is 7.99. The number of benzene rings is 1. The molecule has 1 aromatic rings. The van der Waals surface area contributed by atoms with E-state index in [-0.39, 0.29) is 0 Å². The summed E-state index contributed by atoms with van der Waals surface area (Å²) in [7, 11) is 1.89. The first-order valence-electron chi connectivity index (χ1n) is 8.64. The molecule has 1 aromatic carbocycles. The van der Waals surface area contributed by atoms with Crippen LogP contribution in [0.25, 0.3) is 0 Å². The molecule has 3 saturated heterocycles. The van der Waals surface area contributed by atoms with E-state index in [9.17, 15) is 0 Å². The predicted octanol–water partition coefficient (Wildman–Crippen LogP) is 2.46. The molecule has 5 heteroatoms. The Morgan fingerprint density at radius 3 is 2.57 bits per heavy atom. The van der Waals surface area contributed by atoms with Gasteiger partial charge in [-0.25, -0.2) is 0 Å². The molecule has 0 radical (unpaired) electrons. The number of ether oxygens (including phenoxy) is 1. The zero-order chi connectivity index (χ0) is 15.6. The summed E-state index contributed by atoms with van der Waals surface area (Å²) in [5.41, 5.74) is 0. The van der Waals surface area contributed by atoms with Gasteiger partial charge < -0.3 is 15.0 Å². The lowest BCUT2D eigenvalue weighted by Gasteiger charge is -2.23. The highest BCUT2D eigenvalue weighted by Gasteiger charge is 2.53. The van der Waals surface area contributed by atoms with Crippen LogP contribution in [0.4, 0.5) is 0 Å². The molecule has 124 valence electrons. The normalized spacial score (nSPS) is 32.4. The van der Waals surface area contributed by atoms with Crippen molar-refractivity contribution in [1.82, 2.24) is 10.2 Å². The maximum Gasteiger partial charge on any atom is 0.193 e. The van der Waals surface area contributed by atoms with Crippen molar-refractivity contribution in [2.45, 2.75) is 29.9 Å².